The number of nitrogens with zero attached hydrogens (tertiary/aromatic N) is 3. The van der Waals surface area contributed by atoms with E-state index in [1.807, 2.05) is 0 Å². The van der Waals surface area contributed by atoms with Crippen molar-refractivity contribution in [3.63, 3.8) is 0 Å². The first-order valence-corrected chi connectivity index (χ1v) is 7.47. The zero-order valence-electron chi connectivity index (χ0n) is 11.5. The van der Waals surface area contributed by atoms with Crippen LogP contribution in [0.5, 0.6) is 0 Å². The molecule has 1 heterocycles. The highest BCUT2D eigenvalue weighted by Gasteiger charge is 2.25. The highest BCUT2D eigenvalue weighted by molar-refractivity contribution is 7.72. The van der Waals surface area contributed by atoms with Gasteiger partial charge in [-0.1, -0.05) is 31.2 Å². The summed E-state index contributed by atoms with van der Waals surface area (Å²) in [6.45, 7) is 3.58. The first-order valence-electron chi connectivity index (χ1n) is 6.29. The van der Waals surface area contributed by atoms with E-state index in [0.29, 0.717) is 11.3 Å². The molecule has 0 saturated carbocycles. The summed E-state index contributed by atoms with van der Waals surface area (Å²) < 4.78 is 23.0. The molecule has 2 aromatic rings. The van der Waals surface area contributed by atoms with Gasteiger partial charge in [-0.15, -0.1) is 5.10 Å². The second-order valence-electron chi connectivity index (χ2n) is 4.91. The number of rotatable bonds is 5. The fourth-order valence-electron chi connectivity index (χ4n) is 2.00. The van der Waals surface area contributed by atoms with Crippen molar-refractivity contribution in [3.8, 4) is 11.3 Å². The molecule has 1 aromatic carbocycles. The minimum absolute atomic E-state index is 0.135. The molecule has 0 unspecified atom stereocenters. The number of thiol groups is 1. The van der Waals surface area contributed by atoms with Gasteiger partial charge in [0.05, 0.1) is 11.1 Å². The van der Waals surface area contributed by atoms with Crippen molar-refractivity contribution in [2.45, 2.75) is 24.8 Å². The van der Waals surface area contributed by atoms with Crippen LogP contribution in [0.1, 0.15) is 19.9 Å². The first kappa shape index (κ1) is 15.2. The number of carboxylic acids is 1. The fourth-order valence-corrected chi connectivity index (χ4v) is 2.40. The van der Waals surface area contributed by atoms with Crippen LogP contribution in [0.2, 0.25) is 0 Å². The lowest BCUT2D eigenvalue weighted by Crippen LogP contribution is -2.24. The SMILES string of the molecule is CC(C)[C@@H](C(=O)O)n1cc(-c2ccc([SH](=O)=O)cc2)nn1. The van der Waals surface area contributed by atoms with Crippen LogP contribution in [-0.4, -0.2) is 34.5 Å². The Bertz CT molecular complexity index is 711. The second-order valence-corrected chi connectivity index (χ2v) is 5.95. The van der Waals surface area contributed by atoms with E-state index in [1.165, 1.54) is 16.8 Å². The summed E-state index contributed by atoms with van der Waals surface area (Å²) in [5, 5.41) is 17.0. The van der Waals surface area contributed by atoms with Crippen LogP contribution < -0.4 is 0 Å². The number of carboxylic acid groups (broad SMARTS) is 1. The monoisotopic (exact) mass is 309 g/mol. The van der Waals surface area contributed by atoms with Crippen LogP contribution in [0.15, 0.2) is 35.4 Å². The lowest BCUT2D eigenvalue weighted by Gasteiger charge is -2.15. The first-order chi connectivity index (χ1) is 9.90. The van der Waals surface area contributed by atoms with Gasteiger partial charge in [0.2, 0.25) is 0 Å². The molecule has 1 N–H and O–H groups in total. The molecule has 7 nitrogen and oxygen atoms in total. The molecule has 0 radical (unpaired) electrons. The smallest absolute Gasteiger partial charge is 0.328 e. The molecule has 2 rings (SSSR count). The molecule has 0 aliphatic carbocycles. The number of aromatic nitrogens is 3. The molecular weight excluding hydrogens is 294 g/mol. The number of carbonyl (C=O) groups is 1. The lowest BCUT2D eigenvalue weighted by atomic mass is 10.1. The Morgan fingerprint density at radius 2 is 1.86 bits per heavy atom. The zero-order valence-corrected chi connectivity index (χ0v) is 12.4. The van der Waals surface area contributed by atoms with Crippen LogP contribution in [0.3, 0.4) is 0 Å². The minimum Gasteiger partial charge on any atom is -0.480 e. The van der Waals surface area contributed by atoms with Crippen molar-refractivity contribution in [1.29, 1.82) is 0 Å². The van der Waals surface area contributed by atoms with Crippen LogP contribution >= 0.6 is 0 Å². The van der Waals surface area contributed by atoms with Crippen molar-refractivity contribution in [1.82, 2.24) is 15.0 Å². The summed E-state index contributed by atoms with van der Waals surface area (Å²) >= 11 is 0. The Labute approximate surface area is 123 Å². The molecule has 0 amide bonds. The molecule has 0 saturated heterocycles. The third-order valence-electron chi connectivity index (χ3n) is 3.05. The van der Waals surface area contributed by atoms with E-state index in [-0.39, 0.29) is 10.8 Å². The van der Waals surface area contributed by atoms with Gasteiger partial charge >= 0.3 is 5.97 Å². The van der Waals surface area contributed by atoms with Gasteiger partial charge in [-0.25, -0.2) is 17.9 Å². The summed E-state index contributed by atoms with van der Waals surface area (Å²) in [5.74, 6) is -1.11. The molecule has 1 atom stereocenters. The summed E-state index contributed by atoms with van der Waals surface area (Å²) in [5.41, 5.74) is 1.17. The molecule has 0 fully saturated rings. The van der Waals surface area contributed by atoms with Gasteiger partial charge in [-0.05, 0) is 18.1 Å². The lowest BCUT2D eigenvalue weighted by molar-refractivity contribution is -0.142. The summed E-state index contributed by atoms with van der Waals surface area (Å²) in [6.07, 6.45) is 1.55. The average Bonchev–Trinajstić information content (AvgIpc) is 2.87. The largest absolute Gasteiger partial charge is 0.480 e. The van der Waals surface area contributed by atoms with Crippen LogP contribution in [0.4, 0.5) is 0 Å². The van der Waals surface area contributed by atoms with E-state index >= 15 is 0 Å². The van der Waals surface area contributed by atoms with Gasteiger partial charge in [-0.3, -0.25) is 0 Å². The van der Waals surface area contributed by atoms with Gasteiger partial charge in [0.15, 0.2) is 16.7 Å². The Morgan fingerprint density at radius 3 is 2.33 bits per heavy atom. The molecule has 0 aliphatic rings. The maximum Gasteiger partial charge on any atom is 0.328 e. The number of aliphatic carboxylic acids is 1. The Kier molecular flexibility index (Phi) is 4.37. The van der Waals surface area contributed by atoms with E-state index in [9.17, 15) is 18.3 Å². The number of hydrogen-bond acceptors (Lipinski definition) is 5. The highest BCUT2D eigenvalue weighted by Crippen LogP contribution is 2.22. The maximum absolute atomic E-state index is 11.3. The van der Waals surface area contributed by atoms with E-state index in [4.69, 9.17) is 0 Å². The van der Waals surface area contributed by atoms with Gasteiger partial charge in [0.25, 0.3) is 0 Å². The molecule has 8 heteroatoms. The van der Waals surface area contributed by atoms with Crippen LogP contribution in [0, 0.1) is 5.92 Å². The average molecular weight is 309 g/mol. The third-order valence-corrected chi connectivity index (χ3v) is 3.77. The standard InChI is InChI=1S/C13H15N3O4S/c1-8(2)12(13(17)18)16-7-11(14-15-16)9-3-5-10(6-4-9)21(19)20/h3-8,12,21H,1-2H3,(H,17,18)/t12-/m0/s1. The summed E-state index contributed by atoms with van der Waals surface area (Å²) in [7, 11) is -2.62. The van der Waals surface area contributed by atoms with Crippen molar-refractivity contribution in [2.75, 3.05) is 0 Å². The van der Waals surface area contributed by atoms with Crippen LogP contribution in [0.25, 0.3) is 11.3 Å². The summed E-state index contributed by atoms with van der Waals surface area (Å²) in [4.78, 5) is 11.5. The molecule has 0 bridgehead atoms. The molecule has 1 aromatic heterocycles. The van der Waals surface area contributed by atoms with Crippen molar-refractivity contribution in [3.05, 3.63) is 30.5 Å². The minimum atomic E-state index is -2.62. The van der Waals surface area contributed by atoms with Gasteiger partial charge in [0, 0.05) is 5.56 Å². The second kappa shape index (κ2) is 6.04. The van der Waals surface area contributed by atoms with E-state index < -0.39 is 22.7 Å². The Hall–Kier alpha value is -2.22. The molecular formula is C13H15N3O4S. The number of hydrogen-bond donors (Lipinski definition) is 2. The third kappa shape index (κ3) is 3.27. The highest BCUT2D eigenvalue weighted by atomic mass is 32.2. The molecule has 0 aliphatic heterocycles. The maximum atomic E-state index is 11.3. The van der Waals surface area contributed by atoms with Crippen molar-refractivity contribution in [2.24, 2.45) is 5.92 Å². The Morgan fingerprint density at radius 1 is 1.24 bits per heavy atom. The molecule has 112 valence electrons. The normalized spacial score (nSPS) is 12.8. The zero-order chi connectivity index (χ0) is 15.6. The van der Waals surface area contributed by atoms with E-state index in [0.717, 1.165) is 0 Å². The predicted molar refractivity (Wildman–Crippen MR) is 75.5 cm³/mol. The topological polar surface area (TPSA) is 102 Å². The quantitative estimate of drug-likeness (QED) is 0.805. The van der Waals surface area contributed by atoms with E-state index in [1.54, 1.807) is 32.2 Å². The Balaban J connectivity index is 2.33. The predicted octanol–water partition coefficient (Wildman–Crippen LogP) is 1.20. The van der Waals surface area contributed by atoms with Gasteiger partial charge in [-0.2, -0.15) is 0 Å². The van der Waals surface area contributed by atoms with Gasteiger partial charge < -0.3 is 5.11 Å². The fraction of sp³-hybridized carbons (Fsp3) is 0.308. The molecule has 21 heavy (non-hydrogen) atoms. The van der Waals surface area contributed by atoms with Crippen molar-refractivity contribution >= 4 is 16.7 Å². The summed E-state index contributed by atoms with van der Waals surface area (Å²) in [6, 6.07) is 5.37. The van der Waals surface area contributed by atoms with Crippen LogP contribution in [-0.2, 0) is 15.5 Å². The van der Waals surface area contributed by atoms with E-state index in [2.05, 4.69) is 10.3 Å². The number of benzene rings is 1. The molecule has 0 spiro atoms. The van der Waals surface area contributed by atoms with Gasteiger partial charge in [0.1, 0.15) is 5.69 Å². The van der Waals surface area contributed by atoms with Crippen molar-refractivity contribution < 1.29 is 18.3 Å².